The lowest BCUT2D eigenvalue weighted by atomic mass is 9.82. The molecule has 1 aliphatic carbocycles. The van der Waals surface area contributed by atoms with Crippen LogP contribution in [0.2, 0.25) is 0 Å². The Labute approximate surface area is 120 Å². The smallest absolute Gasteiger partial charge is 0.311 e. The zero-order valence-corrected chi connectivity index (χ0v) is 12.5. The largest absolute Gasteiger partial charge is 0.481 e. The van der Waals surface area contributed by atoms with Crippen LogP contribution in [0.3, 0.4) is 0 Å². The van der Waals surface area contributed by atoms with E-state index in [1.54, 1.807) is 0 Å². The molecule has 1 amide bonds. The van der Waals surface area contributed by atoms with Gasteiger partial charge < -0.3 is 15.7 Å². The molecule has 1 unspecified atom stereocenters. The SMILES string of the molecule is CCC(CC)(CNC(=O)C1CC12CCNCC2)C(=O)O. The second-order valence-corrected chi connectivity index (χ2v) is 6.38. The van der Waals surface area contributed by atoms with E-state index in [0.717, 1.165) is 32.4 Å². The second kappa shape index (κ2) is 5.72. The van der Waals surface area contributed by atoms with Crippen molar-refractivity contribution in [3.63, 3.8) is 0 Å². The highest BCUT2D eigenvalue weighted by Crippen LogP contribution is 2.58. The van der Waals surface area contributed by atoms with Gasteiger partial charge in [-0.25, -0.2) is 0 Å². The molecule has 2 rings (SSSR count). The maximum absolute atomic E-state index is 12.3. The zero-order chi connectivity index (χ0) is 14.8. The number of carboxylic acids is 1. The maximum atomic E-state index is 12.3. The van der Waals surface area contributed by atoms with Gasteiger partial charge in [0.2, 0.25) is 5.91 Å². The summed E-state index contributed by atoms with van der Waals surface area (Å²) in [5.74, 6) is -0.653. The van der Waals surface area contributed by atoms with Gasteiger partial charge in [-0.15, -0.1) is 0 Å². The Morgan fingerprint density at radius 1 is 1.30 bits per heavy atom. The van der Waals surface area contributed by atoms with Crippen LogP contribution in [-0.4, -0.2) is 36.6 Å². The van der Waals surface area contributed by atoms with Crippen LogP contribution in [0.4, 0.5) is 0 Å². The van der Waals surface area contributed by atoms with Crippen molar-refractivity contribution in [2.45, 2.75) is 46.0 Å². The number of carbonyl (C=O) groups excluding carboxylic acids is 1. The molecule has 1 atom stereocenters. The fourth-order valence-corrected chi connectivity index (χ4v) is 3.45. The van der Waals surface area contributed by atoms with E-state index < -0.39 is 11.4 Å². The summed E-state index contributed by atoms with van der Waals surface area (Å²) in [5.41, 5.74) is -0.606. The van der Waals surface area contributed by atoms with Gasteiger partial charge in [0.15, 0.2) is 0 Å². The quantitative estimate of drug-likeness (QED) is 0.688. The van der Waals surface area contributed by atoms with E-state index >= 15 is 0 Å². The van der Waals surface area contributed by atoms with Gasteiger partial charge in [0.1, 0.15) is 0 Å². The van der Waals surface area contributed by atoms with Crippen LogP contribution in [-0.2, 0) is 9.59 Å². The summed E-state index contributed by atoms with van der Waals surface area (Å²) in [6, 6.07) is 0. The minimum absolute atomic E-state index is 0.0550. The van der Waals surface area contributed by atoms with Crippen molar-refractivity contribution >= 4 is 11.9 Å². The van der Waals surface area contributed by atoms with E-state index in [4.69, 9.17) is 0 Å². The van der Waals surface area contributed by atoms with Crippen LogP contribution in [0.15, 0.2) is 0 Å². The van der Waals surface area contributed by atoms with Crippen molar-refractivity contribution < 1.29 is 14.7 Å². The van der Waals surface area contributed by atoms with Gasteiger partial charge in [0, 0.05) is 12.5 Å². The van der Waals surface area contributed by atoms with Crippen LogP contribution in [0.1, 0.15) is 46.0 Å². The van der Waals surface area contributed by atoms with Gasteiger partial charge in [-0.05, 0) is 50.6 Å². The number of rotatable bonds is 6. The number of carbonyl (C=O) groups is 2. The van der Waals surface area contributed by atoms with Gasteiger partial charge in [0.05, 0.1) is 5.41 Å². The van der Waals surface area contributed by atoms with E-state index in [2.05, 4.69) is 10.6 Å². The summed E-state index contributed by atoms with van der Waals surface area (Å²) in [4.78, 5) is 23.7. The third kappa shape index (κ3) is 2.68. The molecule has 1 saturated heterocycles. The van der Waals surface area contributed by atoms with Crippen LogP contribution >= 0.6 is 0 Å². The first-order valence-electron chi connectivity index (χ1n) is 7.71. The summed E-state index contributed by atoms with van der Waals surface area (Å²) in [5, 5.41) is 15.6. The highest BCUT2D eigenvalue weighted by Gasteiger charge is 2.57. The molecule has 1 spiro atoms. The van der Waals surface area contributed by atoms with Gasteiger partial charge in [0.25, 0.3) is 0 Å². The van der Waals surface area contributed by atoms with Crippen molar-refractivity contribution in [3.8, 4) is 0 Å². The van der Waals surface area contributed by atoms with E-state index in [1.165, 1.54) is 0 Å². The Bertz CT molecular complexity index is 385. The van der Waals surface area contributed by atoms with E-state index in [0.29, 0.717) is 12.8 Å². The molecule has 0 aromatic carbocycles. The fourth-order valence-electron chi connectivity index (χ4n) is 3.45. The number of aliphatic carboxylic acids is 1. The molecule has 2 aliphatic rings. The van der Waals surface area contributed by atoms with Crippen molar-refractivity contribution in [2.75, 3.05) is 19.6 Å². The van der Waals surface area contributed by atoms with Crippen LogP contribution < -0.4 is 10.6 Å². The van der Waals surface area contributed by atoms with E-state index in [-0.39, 0.29) is 23.8 Å². The summed E-state index contributed by atoms with van der Waals surface area (Å²) in [7, 11) is 0. The molecule has 2 fully saturated rings. The van der Waals surface area contributed by atoms with E-state index in [9.17, 15) is 14.7 Å². The first kappa shape index (κ1) is 15.3. The van der Waals surface area contributed by atoms with Crippen molar-refractivity contribution in [1.82, 2.24) is 10.6 Å². The molecular weight excluding hydrogens is 256 g/mol. The van der Waals surface area contributed by atoms with Crippen LogP contribution in [0.5, 0.6) is 0 Å². The molecule has 1 heterocycles. The monoisotopic (exact) mass is 282 g/mol. The molecule has 5 nitrogen and oxygen atoms in total. The first-order chi connectivity index (χ1) is 9.49. The molecule has 0 aromatic heterocycles. The fraction of sp³-hybridized carbons (Fsp3) is 0.867. The molecule has 1 aliphatic heterocycles. The summed E-state index contributed by atoms with van der Waals surface area (Å²) in [6.45, 7) is 5.98. The predicted molar refractivity (Wildman–Crippen MR) is 76.3 cm³/mol. The summed E-state index contributed by atoms with van der Waals surface area (Å²) < 4.78 is 0. The normalized spacial score (nSPS) is 24.4. The van der Waals surface area contributed by atoms with Crippen LogP contribution in [0.25, 0.3) is 0 Å². The lowest BCUT2D eigenvalue weighted by molar-refractivity contribution is -0.149. The van der Waals surface area contributed by atoms with Gasteiger partial charge in [-0.3, -0.25) is 9.59 Å². The Morgan fingerprint density at radius 2 is 1.90 bits per heavy atom. The van der Waals surface area contributed by atoms with Crippen molar-refractivity contribution in [2.24, 2.45) is 16.7 Å². The van der Waals surface area contributed by atoms with E-state index in [1.807, 2.05) is 13.8 Å². The molecule has 3 N–H and O–H groups in total. The maximum Gasteiger partial charge on any atom is 0.311 e. The average molecular weight is 282 g/mol. The summed E-state index contributed by atoms with van der Waals surface area (Å²) in [6.07, 6.45) is 4.18. The lowest BCUT2D eigenvalue weighted by Gasteiger charge is -2.27. The zero-order valence-electron chi connectivity index (χ0n) is 12.5. The second-order valence-electron chi connectivity index (χ2n) is 6.38. The third-order valence-electron chi connectivity index (χ3n) is 5.51. The van der Waals surface area contributed by atoms with Gasteiger partial charge >= 0.3 is 5.97 Å². The Hall–Kier alpha value is -1.10. The Morgan fingerprint density at radius 3 is 2.40 bits per heavy atom. The van der Waals surface area contributed by atoms with Crippen molar-refractivity contribution in [3.05, 3.63) is 0 Å². The minimum Gasteiger partial charge on any atom is -0.481 e. The summed E-state index contributed by atoms with van der Waals surface area (Å²) >= 11 is 0. The highest BCUT2D eigenvalue weighted by molar-refractivity contribution is 5.83. The molecule has 1 saturated carbocycles. The number of nitrogens with one attached hydrogen (secondary N) is 2. The number of hydrogen-bond acceptors (Lipinski definition) is 3. The molecule has 0 aromatic rings. The Kier molecular flexibility index (Phi) is 4.37. The topological polar surface area (TPSA) is 78.4 Å². The number of amides is 1. The first-order valence-corrected chi connectivity index (χ1v) is 7.71. The molecule has 5 heteroatoms. The Balaban J connectivity index is 1.88. The molecule has 0 radical (unpaired) electrons. The molecule has 0 bridgehead atoms. The standard InChI is InChI=1S/C15H26N2O3/c1-3-14(4-2,13(19)20)10-17-12(18)11-9-15(11)5-7-16-8-6-15/h11,16H,3-10H2,1-2H3,(H,17,18)(H,19,20). The van der Waals surface area contributed by atoms with Gasteiger partial charge in [-0.1, -0.05) is 13.8 Å². The number of carboxylic acid groups (broad SMARTS) is 1. The molecule has 20 heavy (non-hydrogen) atoms. The average Bonchev–Trinajstić information content (AvgIpc) is 3.14. The number of piperidine rings is 1. The predicted octanol–water partition coefficient (Wildman–Crippen LogP) is 1.38. The van der Waals surface area contributed by atoms with Crippen molar-refractivity contribution in [1.29, 1.82) is 0 Å². The lowest BCUT2D eigenvalue weighted by Crippen LogP contribution is -2.43. The number of hydrogen-bond donors (Lipinski definition) is 3. The minimum atomic E-state index is -0.814. The molecule has 114 valence electrons. The third-order valence-corrected chi connectivity index (χ3v) is 5.51. The highest BCUT2D eigenvalue weighted by atomic mass is 16.4. The van der Waals surface area contributed by atoms with Crippen LogP contribution in [0, 0.1) is 16.7 Å². The van der Waals surface area contributed by atoms with Gasteiger partial charge in [-0.2, -0.15) is 0 Å². The molecular formula is C15H26N2O3.